The molecule has 6 atom stereocenters. The van der Waals surface area contributed by atoms with Crippen LogP contribution in [0.15, 0.2) is 30.3 Å². The van der Waals surface area contributed by atoms with Crippen molar-refractivity contribution in [2.45, 2.75) is 102 Å². The number of hydrogen-bond acceptors (Lipinski definition) is 8. The van der Waals surface area contributed by atoms with E-state index in [0.717, 1.165) is 37.7 Å². The number of carboxylic acid groups (broad SMARTS) is 2. The van der Waals surface area contributed by atoms with E-state index in [0.29, 0.717) is 32.2 Å². The number of aryl methyl sites for hydroxylation is 1. The second-order valence-corrected chi connectivity index (χ2v) is 10.5. The molecule has 1 saturated heterocycles. The quantitative estimate of drug-likeness (QED) is 0.166. The molecule has 2 fully saturated rings. The van der Waals surface area contributed by atoms with Gasteiger partial charge >= 0.3 is 17.9 Å². The molecule has 224 valence electrons. The first-order valence-electron chi connectivity index (χ1n) is 14.3. The Labute approximate surface area is 236 Å². The van der Waals surface area contributed by atoms with Crippen LogP contribution in [0.1, 0.15) is 70.8 Å². The van der Waals surface area contributed by atoms with Crippen molar-refractivity contribution < 1.29 is 34.1 Å². The van der Waals surface area contributed by atoms with Gasteiger partial charge in [0.2, 0.25) is 5.91 Å². The molecule has 2 aliphatic rings. The number of fused-ring (bicyclic) bond motifs is 1. The van der Waals surface area contributed by atoms with Gasteiger partial charge in [0.05, 0.1) is 12.6 Å². The second kappa shape index (κ2) is 16.9. The van der Waals surface area contributed by atoms with E-state index in [9.17, 15) is 24.3 Å². The molecule has 1 amide bonds. The monoisotopic (exact) mass is 562 g/mol. The largest absolute Gasteiger partial charge is 0.480 e. The molecule has 11 heteroatoms. The summed E-state index contributed by atoms with van der Waals surface area (Å²) in [6.07, 6.45) is 6.70. The number of nitrogens with zero attached hydrogens (tertiary/aromatic N) is 1. The molecule has 1 aromatic rings. The van der Waals surface area contributed by atoms with Gasteiger partial charge in [-0.1, -0.05) is 43.2 Å². The minimum Gasteiger partial charge on any atom is -0.480 e. The number of carbonyl (C=O) groups excluding carboxylic acids is 2. The van der Waals surface area contributed by atoms with Gasteiger partial charge in [-0.15, -0.1) is 0 Å². The Hall–Kier alpha value is -3.02. The zero-order chi connectivity index (χ0) is 29.7. The van der Waals surface area contributed by atoms with Crippen LogP contribution in [-0.2, 0) is 30.3 Å². The van der Waals surface area contributed by atoms with E-state index in [4.69, 9.17) is 21.3 Å². The first-order chi connectivity index (χ1) is 19.1. The molecule has 0 bridgehead atoms. The Morgan fingerprint density at radius 3 is 2.40 bits per heavy atom. The van der Waals surface area contributed by atoms with Crippen LogP contribution in [0, 0.1) is 5.92 Å². The molecular weight excluding hydrogens is 516 g/mol. The number of aliphatic carboxylic acids is 2. The van der Waals surface area contributed by atoms with E-state index >= 15 is 0 Å². The van der Waals surface area contributed by atoms with Gasteiger partial charge in [-0.25, -0.2) is 4.79 Å². The number of hydrogen-bond donors (Lipinski definition) is 5. The van der Waals surface area contributed by atoms with Crippen molar-refractivity contribution in [3.63, 3.8) is 0 Å². The lowest BCUT2D eigenvalue weighted by molar-refractivity contribution is -0.151. The van der Waals surface area contributed by atoms with Gasteiger partial charge in [0.1, 0.15) is 18.1 Å². The van der Waals surface area contributed by atoms with E-state index in [2.05, 4.69) is 5.32 Å². The summed E-state index contributed by atoms with van der Waals surface area (Å²) in [6.45, 7) is 4.33. The highest BCUT2D eigenvalue weighted by molar-refractivity contribution is 5.88. The number of amides is 1. The van der Waals surface area contributed by atoms with Gasteiger partial charge < -0.3 is 31.3 Å². The summed E-state index contributed by atoms with van der Waals surface area (Å²) in [5.41, 5.74) is 11.5. The molecule has 0 spiro atoms. The summed E-state index contributed by atoms with van der Waals surface area (Å²) < 4.78 is 5.21. The van der Waals surface area contributed by atoms with Crippen molar-refractivity contribution in [1.29, 1.82) is 0 Å². The molecule has 11 nitrogen and oxygen atoms in total. The van der Waals surface area contributed by atoms with Crippen LogP contribution < -0.4 is 16.8 Å². The molecule has 3 rings (SSSR count). The third-order valence-corrected chi connectivity index (χ3v) is 7.62. The SMILES string of the molecule is CCOC(=O)[C@H](CCc1ccccc1)N[C@@H](C)C(=O)N1[C@H](C(=O)O)C[C@@H]2CCC[C@@H]21.NCCCC[C@H](N)C(=O)O. The smallest absolute Gasteiger partial charge is 0.326 e. The molecule has 0 unspecified atom stereocenters. The zero-order valence-corrected chi connectivity index (χ0v) is 23.7. The lowest BCUT2D eigenvalue weighted by Crippen LogP contribution is -2.55. The predicted molar refractivity (Wildman–Crippen MR) is 150 cm³/mol. The van der Waals surface area contributed by atoms with Gasteiger partial charge in [0, 0.05) is 6.04 Å². The summed E-state index contributed by atoms with van der Waals surface area (Å²) >= 11 is 0. The maximum absolute atomic E-state index is 13.2. The zero-order valence-electron chi connectivity index (χ0n) is 23.7. The molecule has 1 heterocycles. The van der Waals surface area contributed by atoms with E-state index in [1.54, 1.807) is 18.7 Å². The minimum absolute atomic E-state index is 0.00629. The number of nitrogens with one attached hydrogen (secondary N) is 1. The van der Waals surface area contributed by atoms with Crippen molar-refractivity contribution in [3.05, 3.63) is 35.9 Å². The standard InChI is InChI=1S/C23H32N2O5.C6H14N2O2/c1-3-30-23(29)18(13-12-16-8-5-4-6-9-16)24-15(2)21(26)25-19-11-7-10-17(19)14-20(25)22(27)28;7-4-2-1-3-5(8)6(9)10/h4-6,8-9,15,17-20,24H,3,7,10-14H2,1-2H3,(H,27,28);5H,1-4,7-8H2,(H,9,10)/t15-,17-,18-,19-,20-;5-/m00/s1. The summed E-state index contributed by atoms with van der Waals surface area (Å²) in [5.74, 6) is -2.25. The lowest BCUT2D eigenvalue weighted by Gasteiger charge is -2.31. The van der Waals surface area contributed by atoms with Crippen molar-refractivity contribution in [2.24, 2.45) is 17.4 Å². The van der Waals surface area contributed by atoms with Crippen LogP contribution >= 0.6 is 0 Å². The van der Waals surface area contributed by atoms with Gasteiger partial charge in [-0.2, -0.15) is 0 Å². The van der Waals surface area contributed by atoms with Crippen molar-refractivity contribution in [2.75, 3.05) is 13.2 Å². The molecule has 0 aromatic heterocycles. The highest BCUT2D eigenvalue weighted by Crippen LogP contribution is 2.41. The van der Waals surface area contributed by atoms with Gasteiger partial charge in [0.25, 0.3) is 0 Å². The first-order valence-corrected chi connectivity index (χ1v) is 14.3. The molecule has 1 aliphatic heterocycles. The molecule has 1 saturated carbocycles. The Balaban J connectivity index is 0.000000478. The third kappa shape index (κ3) is 9.87. The number of esters is 1. The number of ether oxygens (including phenoxy) is 1. The predicted octanol–water partition coefficient (Wildman–Crippen LogP) is 1.91. The summed E-state index contributed by atoms with van der Waals surface area (Å²) in [4.78, 5) is 49.2. The Kier molecular flexibility index (Phi) is 14.1. The summed E-state index contributed by atoms with van der Waals surface area (Å²) in [5, 5.41) is 21.1. The maximum atomic E-state index is 13.2. The fourth-order valence-corrected chi connectivity index (χ4v) is 5.52. The second-order valence-electron chi connectivity index (χ2n) is 10.5. The normalized spacial score (nSPS) is 21.9. The van der Waals surface area contributed by atoms with E-state index in [1.807, 2.05) is 30.3 Å². The molecule has 40 heavy (non-hydrogen) atoms. The van der Waals surface area contributed by atoms with Crippen LogP contribution in [0.2, 0.25) is 0 Å². The first kappa shape index (κ1) is 33.2. The molecule has 7 N–H and O–H groups in total. The van der Waals surface area contributed by atoms with E-state index < -0.39 is 36.1 Å². The van der Waals surface area contributed by atoms with Gasteiger partial charge in [-0.3, -0.25) is 19.7 Å². The number of likely N-dealkylation sites (tertiary alicyclic amines) is 1. The van der Waals surface area contributed by atoms with Gasteiger partial charge in [-0.05, 0) is 76.8 Å². The van der Waals surface area contributed by atoms with Crippen molar-refractivity contribution >= 4 is 23.8 Å². The number of carbonyl (C=O) groups is 4. The topological polar surface area (TPSA) is 185 Å². The Bertz CT molecular complexity index is 961. The van der Waals surface area contributed by atoms with Crippen LogP contribution in [0.25, 0.3) is 0 Å². The fourth-order valence-electron chi connectivity index (χ4n) is 5.52. The molecule has 0 radical (unpaired) electrons. The fraction of sp³-hybridized carbons (Fsp3) is 0.655. The molecular formula is C29H46N4O7. The third-order valence-electron chi connectivity index (χ3n) is 7.62. The summed E-state index contributed by atoms with van der Waals surface area (Å²) in [7, 11) is 0. The molecule has 1 aliphatic carbocycles. The van der Waals surface area contributed by atoms with Crippen LogP contribution in [-0.4, -0.2) is 82.3 Å². The van der Waals surface area contributed by atoms with Crippen LogP contribution in [0.3, 0.4) is 0 Å². The lowest BCUT2D eigenvalue weighted by atomic mass is 10.0. The average molecular weight is 563 g/mol. The highest BCUT2D eigenvalue weighted by Gasteiger charge is 2.49. The number of unbranched alkanes of at least 4 members (excludes halogenated alkanes) is 1. The van der Waals surface area contributed by atoms with Crippen molar-refractivity contribution in [1.82, 2.24) is 10.2 Å². The Morgan fingerprint density at radius 2 is 1.80 bits per heavy atom. The van der Waals surface area contributed by atoms with Crippen molar-refractivity contribution in [3.8, 4) is 0 Å². The number of nitrogens with two attached hydrogens (primary N) is 2. The molecule has 1 aromatic carbocycles. The summed E-state index contributed by atoms with van der Waals surface area (Å²) in [6, 6.07) is 7.04. The maximum Gasteiger partial charge on any atom is 0.326 e. The number of benzene rings is 1. The highest BCUT2D eigenvalue weighted by atomic mass is 16.5. The van der Waals surface area contributed by atoms with E-state index in [-0.39, 0.29) is 30.4 Å². The van der Waals surface area contributed by atoms with Crippen LogP contribution in [0.5, 0.6) is 0 Å². The minimum atomic E-state index is -0.948. The van der Waals surface area contributed by atoms with Gasteiger partial charge in [0.15, 0.2) is 0 Å². The van der Waals surface area contributed by atoms with E-state index in [1.165, 1.54) is 0 Å². The number of rotatable bonds is 14. The Morgan fingerprint density at radius 1 is 1.10 bits per heavy atom. The van der Waals surface area contributed by atoms with Crippen LogP contribution in [0.4, 0.5) is 0 Å². The average Bonchev–Trinajstić information content (AvgIpc) is 3.53. The number of carboxylic acids is 2.